The second-order valence-corrected chi connectivity index (χ2v) is 4.25. The molecule has 0 radical (unpaired) electrons. The van der Waals surface area contributed by atoms with Crippen molar-refractivity contribution in [1.29, 1.82) is 0 Å². The van der Waals surface area contributed by atoms with Crippen molar-refractivity contribution in [3.63, 3.8) is 0 Å². The number of carbonyl (C=O) groups excluding carboxylic acids is 1. The second kappa shape index (κ2) is 7.71. The summed E-state index contributed by atoms with van der Waals surface area (Å²) >= 11 is 0. The van der Waals surface area contributed by atoms with Crippen LogP contribution < -0.4 is 5.32 Å². The van der Waals surface area contributed by atoms with Crippen molar-refractivity contribution >= 4 is 12.0 Å². The largest absolute Gasteiger partial charge is 0.480 e. The Morgan fingerprint density at radius 2 is 1.94 bits per heavy atom. The first-order valence-corrected chi connectivity index (χ1v) is 6.21. The molecular formula is C12H21N3O3. The number of carbonyl (C=O) groups is 2. The molecule has 0 aromatic rings. The molecule has 6 nitrogen and oxygen atoms in total. The lowest BCUT2D eigenvalue weighted by atomic mass is 10.3. The van der Waals surface area contributed by atoms with E-state index in [1.54, 1.807) is 4.90 Å². The van der Waals surface area contributed by atoms with Gasteiger partial charge in [-0.15, -0.1) is 0 Å². The van der Waals surface area contributed by atoms with Gasteiger partial charge >= 0.3 is 12.0 Å². The Kier molecular flexibility index (Phi) is 6.21. The van der Waals surface area contributed by atoms with E-state index in [4.69, 9.17) is 5.11 Å². The number of hydrogen-bond donors (Lipinski definition) is 2. The third-order valence-corrected chi connectivity index (χ3v) is 2.84. The number of hydrogen-bond acceptors (Lipinski definition) is 3. The van der Waals surface area contributed by atoms with E-state index in [-0.39, 0.29) is 12.6 Å². The van der Waals surface area contributed by atoms with Crippen LogP contribution in [0.5, 0.6) is 0 Å². The SMILES string of the molecule is C/C=C/CCNC(=O)N1CCN(CC(=O)O)CC1. The molecule has 1 aliphatic heterocycles. The van der Waals surface area contributed by atoms with Gasteiger partial charge in [0.2, 0.25) is 0 Å². The minimum Gasteiger partial charge on any atom is -0.480 e. The molecule has 18 heavy (non-hydrogen) atoms. The Hall–Kier alpha value is -1.56. The summed E-state index contributed by atoms with van der Waals surface area (Å²) in [7, 11) is 0. The van der Waals surface area contributed by atoms with Gasteiger partial charge in [-0.1, -0.05) is 12.2 Å². The number of nitrogens with zero attached hydrogens (tertiary/aromatic N) is 2. The Morgan fingerprint density at radius 1 is 1.28 bits per heavy atom. The molecule has 0 atom stereocenters. The predicted molar refractivity (Wildman–Crippen MR) is 68.5 cm³/mol. The molecule has 0 spiro atoms. The van der Waals surface area contributed by atoms with Gasteiger partial charge < -0.3 is 15.3 Å². The van der Waals surface area contributed by atoms with Gasteiger partial charge in [-0.05, 0) is 13.3 Å². The molecule has 0 bridgehead atoms. The lowest BCUT2D eigenvalue weighted by Gasteiger charge is -2.33. The molecule has 2 N–H and O–H groups in total. The van der Waals surface area contributed by atoms with Crippen LogP contribution in [-0.4, -0.2) is 66.2 Å². The molecule has 1 heterocycles. The maximum atomic E-state index is 11.7. The number of urea groups is 1. The standard InChI is InChI=1S/C12H21N3O3/c1-2-3-4-5-13-12(18)15-8-6-14(7-9-15)10-11(16)17/h2-3H,4-10H2,1H3,(H,13,18)(H,16,17)/b3-2+. The van der Waals surface area contributed by atoms with E-state index in [1.807, 2.05) is 24.0 Å². The summed E-state index contributed by atoms with van der Waals surface area (Å²) < 4.78 is 0. The van der Waals surface area contributed by atoms with Gasteiger partial charge in [0.25, 0.3) is 0 Å². The Bertz CT molecular complexity index is 310. The van der Waals surface area contributed by atoms with Gasteiger partial charge in [0.15, 0.2) is 0 Å². The highest BCUT2D eigenvalue weighted by Gasteiger charge is 2.21. The van der Waals surface area contributed by atoms with E-state index in [2.05, 4.69) is 5.32 Å². The van der Waals surface area contributed by atoms with E-state index in [0.29, 0.717) is 32.7 Å². The number of carboxylic acid groups (broad SMARTS) is 1. The van der Waals surface area contributed by atoms with Crippen molar-refractivity contribution in [3.05, 3.63) is 12.2 Å². The molecule has 1 fully saturated rings. The second-order valence-electron chi connectivity index (χ2n) is 4.25. The molecule has 6 heteroatoms. The zero-order valence-electron chi connectivity index (χ0n) is 10.8. The highest BCUT2D eigenvalue weighted by atomic mass is 16.4. The van der Waals surface area contributed by atoms with Crippen LogP contribution in [0.25, 0.3) is 0 Å². The van der Waals surface area contributed by atoms with E-state index >= 15 is 0 Å². The first-order chi connectivity index (χ1) is 8.63. The first kappa shape index (κ1) is 14.5. The smallest absolute Gasteiger partial charge is 0.317 e. The van der Waals surface area contributed by atoms with Crippen LogP contribution in [0.1, 0.15) is 13.3 Å². The van der Waals surface area contributed by atoms with E-state index < -0.39 is 5.97 Å². The van der Waals surface area contributed by atoms with Crippen LogP contribution in [0.15, 0.2) is 12.2 Å². The van der Waals surface area contributed by atoms with Crippen LogP contribution in [0.3, 0.4) is 0 Å². The molecule has 2 amide bonds. The van der Waals surface area contributed by atoms with Crippen LogP contribution >= 0.6 is 0 Å². The van der Waals surface area contributed by atoms with Crippen LogP contribution in [0, 0.1) is 0 Å². The molecule has 1 aliphatic rings. The normalized spacial score (nSPS) is 17.1. The van der Waals surface area contributed by atoms with Crippen molar-refractivity contribution in [2.24, 2.45) is 0 Å². The molecule has 1 rings (SSSR count). The molecule has 102 valence electrons. The van der Waals surface area contributed by atoms with Crippen LogP contribution in [0.2, 0.25) is 0 Å². The fourth-order valence-electron chi connectivity index (χ4n) is 1.84. The lowest BCUT2D eigenvalue weighted by Crippen LogP contribution is -2.52. The van der Waals surface area contributed by atoms with Crippen molar-refractivity contribution in [1.82, 2.24) is 15.1 Å². The van der Waals surface area contributed by atoms with Gasteiger partial charge in [0, 0.05) is 32.7 Å². The van der Waals surface area contributed by atoms with E-state index in [1.165, 1.54) is 0 Å². The summed E-state index contributed by atoms with van der Waals surface area (Å²) in [6, 6.07) is -0.0607. The highest BCUT2D eigenvalue weighted by Crippen LogP contribution is 2.01. The summed E-state index contributed by atoms with van der Waals surface area (Å²) in [5.41, 5.74) is 0. The molecule has 0 aromatic carbocycles. The first-order valence-electron chi connectivity index (χ1n) is 6.21. The van der Waals surface area contributed by atoms with Gasteiger partial charge in [-0.2, -0.15) is 0 Å². The molecule has 0 aliphatic carbocycles. The predicted octanol–water partition coefficient (Wildman–Crippen LogP) is 0.364. The van der Waals surface area contributed by atoms with E-state index in [9.17, 15) is 9.59 Å². The highest BCUT2D eigenvalue weighted by molar-refractivity contribution is 5.74. The van der Waals surface area contributed by atoms with Crippen molar-refractivity contribution in [2.45, 2.75) is 13.3 Å². The summed E-state index contributed by atoms with van der Waals surface area (Å²) in [5, 5.41) is 11.5. The Balaban J connectivity index is 2.21. The summed E-state index contributed by atoms with van der Waals surface area (Å²) in [6.07, 6.45) is 4.79. The number of nitrogens with one attached hydrogen (secondary N) is 1. The maximum absolute atomic E-state index is 11.7. The summed E-state index contributed by atoms with van der Waals surface area (Å²) in [4.78, 5) is 25.9. The van der Waals surface area contributed by atoms with Crippen LogP contribution in [-0.2, 0) is 4.79 Å². The number of piperazine rings is 1. The fourth-order valence-corrected chi connectivity index (χ4v) is 1.84. The molecule has 0 unspecified atom stereocenters. The maximum Gasteiger partial charge on any atom is 0.317 e. The van der Waals surface area contributed by atoms with E-state index in [0.717, 1.165) is 6.42 Å². The number of allylic oxidation sites excluding steroid dienone is 1. The number of amides is 2. The minimum absolute atomic E-state index is 0.0523. The third kappa shape index (κ3) is 5.18. The van der Waals surface area contributed by atoms with Crippen molar-refractivity contribution < 1.29 is 14.7 Å². The van der Waals surface area contributed by atoms with Crippen molar-refractivity contribution in [3.8, 4) is 0 Å². The molecule has 0 saturated carbocycles. The van der Waals surface area contributed by atoms with Gasteiger partial charge in [-0.3, -0.25) is 9.69 Å². The molecule has 1 saturated heterocycles. The topological polar surface area (TPSA) is 72.9 Å². The number of carboxylic acids is 1. The zero-order chi connectivity index (χ0) is 13.4. The molecular weight excluding hydrogens is 234 g/mol. The Morgan fingerprint density at radius 3 is 2.50 bits per heavy atom. The van der Waals surface area contributed by atoms with Gasteiger partial charge in [-0.25, -0.2) is 4.79 Å². The fraction of sp³-hybridized carbons (Fsp3) is 0.667. The number of aliphatic carboxylic acids is 1. The average Bonchev–Trinajstić information content (AvgIpc) is 2.34. The third-order valence-electron chi connectivity index (χ3n) is 2.84. The number of rotatable bonds is 5. The van der Waals surface area contributed by atoms with Gasteiger partial charge in [0.05, 0.1) is 6.54 Å². The average molecular weight is 255 g/mol. The summed E-state index contributed by atoms with van der Waals surface area (Å²) in [5.74, 6) is -0.820. The summed E-state index contributed by atoms with van der Waals surface area (Å²) in [6.45, 7) is 5.05. The molecule has 0 aromatic heterocycles. The quantitative estimate of drug-likeness (QED) is 0.550. The van der Waals surface area contributed by atoms with Gasteiger partial charge in [0.1, 0.15) is 0 Å². The minimum atomic E-state index is -0.820. The van der Waals surface area contributed by atoms with Crippen molar-refractivity contribution in [2.75, 3.05) is 39.3 Å². The Labute approximate surface area is 107 Å². The monoisotopic (exact) mass is 255 g/mol. The van der Waals surface area contributed by atoms with Crippen LogP contribution in [0.4, 0.5) is 4.79 Å². The zero-order valence-corrected chi connectivity index (χ0v) is 10.8. The lowest BCUT2D eigenvalue weighted by molar-refractivity contribution is -0.138.